The van der Waals surface area contributed by atoms with Gasteiger partial charge in [0.05, 0.1) is 18.0 Å². The summed E-state index contributed by atoms with van der Waals surface area (Å²) in [5.41, 5.74) is 1.07. The van der Waals surface area contributed by atoms with Gasteiger partial charge in [-0.15, -0.1) is 0 Å². The first-order valence-electron chi connectivity index (χ1n) is 4.66. The minimum absolute atomic E-state index is 0.414. The van der Waals surface area contributed by atoms with Crippen molar-refractivity contribution in [2.45, 2.75) is 18.9 Å². The molecule has 1 heterocycles. The zero-order valence-corrected chi connectivity index (χ0v) is 9.91. The molecule has 1 aromatic rings. The summed E-state index contributed by atoms with van der Waals surface area (Å²) in [5.74, 6) is 0.876. The van der Waals surface area contributed by atoms with E-state index in [0.29, 0.717) is 6.10 Å². The predicted molar refractivity (Wildman–Crippen MR) is 59.9 cm³/mol. The molecule has 0 radical (unpaired) electrons. The van der Waals surface area contributed by atoms with Gasteiger partial charge in [-0.3, -0.25) is 0 Å². The summed E-state index contributed by atoms with van der Waals surface area (Å²) >= 11 is 3.35. The van der Waals surface area contributed by atoms with E-state index in [-0.39, 0.29) is 0 Å². The van der Waals surface area contributed by atoms with E-state index in [1.54, 1.807) is 6.20 Å². The maximum Gasteiger partial charge on any atom is 0.161 e. The quantitative estimate of drug-likeness (QED) is 0.778. The van der Waals surface area contributed by atoms with E-state index in [0.717, 1.165) is 16.0 Å². The van der Waals surface area contributed by atoms with E-state index in [1.807, 2.05) is 25.1 Å². The van der Waals surface area contributed by atoms with Gasteiger partial charge in [0, 0.05) is 14.1 Å². The Balaban J connectivity index is 2.26. The maximum absolute atomic E-state index is 5.75. The third-order valence-electron chi connectivity index (χ3n) is 2.11. The van der Waals surface area contributed by atoms with Crippen molar-refractivity contribution in [1.82, 2.24) is 4.98 Å². The summed E-state index contributed by atoms with van der Waals surface area (Å²) in [6.45, 7) is 0. The molecule has 0 saturated heterocycles. The van der Waals surface area contributed by atoms with Crippen LogP contribution in [0.3, 0.4) is 0 Å². The number of hydrogen-bond acceptors (Lipinski definition) is 3. The summed E-state index contributed by atoms with van der Waals surface area (Å²) in [6.07, 6.45) is 4.53. The summed E-state index contributed by atoms with van der Waals surface area (Å²) in [4.78, 5) is 6.20. The molecule has 1 aliphatic carbocycles. The Morgan fingerprint density at radius 1 is 1.50 bits per heavy atom. The van der Waals surface area contributed by atoms with Crippen LogP contribution in [0.4, 0.5) is 5.69 Å². The van der Waals surface area contributed by atoms with Crippen molar-refractivity contribution in [3.05, 3.63) is 16.9 Å². The molecule has 0 spiro atoms. The molecule has 1 aliphatic rings. The van der Waals surface area contributed by atoms with Crippen molar-refractivity contribution in [2.24, 2.45) is 0 Å². The highest BCUT2D eigenvalue weighted by Crippen LogP contribution is 2.33. The molecule has 1 aromatic heterocycles. The van der Waals surface area contributed by atoms with Gasteiger partial charge in [-0.1, -0.05) is 0 Å². The van der Waals surface area contributed by atoms with Crippen LogP contribution in [-0.2, 0) is 0 Å². The molecule has 1 saturated carbocycles. The van der Waals surface area contributed by atoms with Crippen molar-refractivity contribution < 1.29 is 4.74 Å². The van der Waals surface area contributed by atoms with Crippen molar-refractivity contribution in [2.75, 3.05) is 19.0 Å². The second-order valence-corrected chi connectivity index (χ2v) is 4.50. The molecule has 3 nitrogen and oxygen atoms in total. The molecule has 0 amide bonds. The molecular formula is C10H13BrN2O. The van der Waals surface area contributed by atoms with E-state index in [1.165, 1.54) is 12.8 Å². The number of hydrogen-bond donors (Lipinski definition) is 0. The number of nitrogens with zero attached hydrogens (tertiary/aromatic N) is 2. The topological polar surface area (TPSA) is 25.4 Å². The summed E-state index contributed by atoms with van der Waals surface area (Å²) in [5, 5.41) is 0. The molecule has 0 aromatic carbocycles. The molecular weight excluding hydrogens is 244 g/mol. The Morgan fingerprint density at radius 3 is 2.79 bits per heavy atom. The van der Waals surface area contributed by atoms with Crippen molar-refractivity contribution in [1.29, 1.82) is 0 Å². The maximum atomic E-state index is 5.75. The third-order valence-corrected chi connectivity index (χ3v) is 2.55. The second-order valence-electron chi connectivity index (χ2n) is 3.69. The monoisotopic (exact) mass is 256 g/mol. The lowest BCUT2D eigenvalue weighted by Gasteiger charge is -2.17. The third kappa shape index (κ3) is 2.18. The summed E-state index contributed by atoms with van der Waals surface area (Å²) < 4.78 is 6.59. The van der Waals surface area contributed by atoms with Crippen LogP contribution in [0.2, 0.25) is 0 Å². The molecule has 1 fully saturated rings. The molecule has 76 valence electrons. The first kappa shape index (κ1) is 9.77. The fourth-order valence-corrected chi connectivity index (χ4v) is 1.53. The Bertz CT molecular complexity index is 337. The lowest BCUT2D eigenvalue weighted by molar-refractivity contribution is 0.302. The van der Waals surface area contributed by atoms with Crippen molar-refractivity contribution in [3.8, 4) is 5.75 Å². The van der Waals surface area contributed by atoms with Crippen LogP contribution in [0.5, 0.6) is 5.75 Å². The second kappa shape index (κ2) is 3.77. The Morgan fingerprint density at radius 2 is 2.21 bits per heavy atom. The minimum atomic E-state index is 0.414. The predicted octanol–water partition coefficient (Wildman–Crippen LogP) is 2.45. The molecule has 14 heavy (non-hydrogen) atoms. The summed E-state index contributed by atoms with van der Waals surface area (Å²) in [6, 6.07) is 1.97. The smallest absolute Gasteiger partial charge is 0.161 e. The van der Waals surface area contributed by atoms with E-state index in [2.05, 4.69) is 20.9 Å². The number of aromatic nitrogens is 1. The van der Waals surface area contributed by atoms with Crippen LogP contribution in [-0.4, -0.2) is 25.2 Å². The SMILES string of the molecule is CN(C)c1cc(Br)ncc1OC1CC1. The highest BCUT2D eigenvalue weighted by atomic mass is 79.9. The van der Waals surface area contributed by atoms with Gasteiger partial charge in [-0.25, -0.2) is 4.98 Å². The van der Waals surface area contributed by atoms with Gasteiger partial charge in [0.15, 0.2) is 5.75 Å². The summed E-state index contributed by atoms with van der Waals surface area (Å²) in [7, 11) is 4.00. The largest absolute Gasteiger partial charge is 0.487 e. The first-order chi connectivity index (χ1) is 6.66. The molecule has 0 N–H and O–H groups in total. The number of ether oxygens (including phenoxy) is 1. The zero-order valence-electron chi connectivity index (χ0n) is 8.33. The molecule has 2 rings (SSSR count). The number of pyridine rings is 1. The zero-order chi connectivity index (χ0) is 10.1. The van der Waals surface area contributed by atoms with E-state index in [4.69, 9.17) is 4.74 Å². The average Bonchev–Trinajstić information content (AvgIpc) is 2.91. The molecule has 4 heteroatoms. The Kier molecular flexibility index (Phi) is 2.63. The van der Waals surface area contributed by atoms with Crippen LogP contribution in [0.1, 0.15) is 12.8 Å². The fraction of sp³-hybridized carbons (Fsp3) is 0.500. The van der Waals surface area contributed by atoms with Crippen LogP contribution in [0, 0.1) is 0 Å². The van der Waals surface area contributed by atoms with Crippen LogP contribution < -0.4 is 9.64 Å². The Labute approximate surface area is 92.2 Å². The van der Waals surface area contributed by atoms with Crippen LogP contribution in [0.25, 0.3) is 0 Å². The highest BCUT2D eigenvalue weighted by Gasteiger charge is 2.25. The van der Waals surface area contributed by atoms with Gasteiger partial charge in [0.2, 0.25) is 0 Å². The normalized spacial score (nSPS) is 15.4. The van der Waals surface area contributed by atoms with Crippen LogP contribution >= 0.6 is 15.9 Å². The standard InChI is InChI=1S/C10H13BrN2O/c1-13(2)8-5-10(11)12-6-9(8)14-7-3-4-7/h5-7H,3-4H2,1-2H3. The van der Waals surface area contributed by atoms with Gasteiger partial charge in [0.25, 0.3) is 0 Å². The number of halogens is 1. The van der Waals surface area contributed by atoms with Gasteiger partial charge in [-0.2, -0.15) is 0 Å². The van der Waals surface area contributed by atoms with Crippen LogP contribution in [0.15, 0.2) is 16.9 Å². The molecule has 0 unspecified atom stereocenters. The Hall–Kier alpha value is -0.770. The van der Waals surface area contributed by atoms with E-state index in [9.17, 15) is 0 Å². The van der Waals surface area contributed by atoms with Gasteiger partial charge in [0.1, 0.15) is 4.60 Å². The lowest BCUT2D eigenvalue weighted by Crippen LogP contribution is -2.11. The van der Waals surface area contributed by atoms with Gasteiger partial charge >= 0.3 is 0 Å². The lowest BCUT2D eigenvalue weighted by atomic mass is 10.3. The van der Waals surface area contributed by atoms with Crippen molar-refractivity contribution >= 4 is 21.6 Å². The van der Waals surface area contributed by atoms with Gasteiger partial charge < -0.3 is 9.64 Å². The molecule has 0 aliphatic heterocycles. The fourth-order valence-electron chi connectivity index (χ4n) is 1.21. The number of anilines is 1. The first-order valence-corrected chi connectivity index (χ1v) is 5.45. The van der Waals surface area contributed by atoms with Crippen molar-refractivity contribution in [3.63, 3.8) is 0 Å². The van der Waals surface area contributed by atoms with E-state index >= 15 is 0 Å². The highest BCUT2D eigenvalue weighted by molar-refractivity contribution is 9.10. The molecule has 0 bridgehead atoms. The minimum Gasteiger partial charge on any atom is -0.487 e. The van der Waals surface area contributed by atoms with E-state index < -0.39 is 0 Å². The average molecular weight is 257 g/mol. The van der Waals surface area contributed by atoms with Gasteiger partial charge in [-0.05, 0) is 34.8 Å². The molecule has 0 atom stereocenters. The number of rotatable bonds is 3.